The number of halogens is 1. The number of hydrogen-bond donors (Lipinski definition) is 0. The van der Waals surface area contributed by atoms with Crippen molar-refractivity contribution in [3.8, 4) is 0 Å². The third kappa shape index (κ3) is 6.05. The van der Waals surface area contributed by atoms with Crippen molar-refractivity contribution in [2.45, 2.75) is 90.4 Å². The number of allylic oxidation sites excluding steroid dienone is 2. The molecule has 1 heteroatoms. The largest absolute Gasteiger partial charge is 0.251 e. The van der Waals surface area contributed by atoms with Crippen molar-refractivity contribution in [3.05, 3.63) is 12.2 Å². The Morgan fingerprint density at radius 2 is 1.50 bits per heavy atom. The van der Waals surface area contributed by atoms with Crippen LogP contribution in [0.15, 0.2) is 12.2 Å². The number of unbranched alkanes of at least 4 members (excludes halogenated alkanes) is 2. The van der Waals surface area contributed by atoms with E-state index in [1.54, 1.807) is 0 Å². The summed E-state index contributed by atoms with van der Waals surface area (Å²) in [7, 11) is 0. The van der Waals surface area contributed by atoms with Gasteiger partial charge in [-0.2, -0.15) is 0 Å². The minimum Gasteiger partial charge on any atom is -0.251 e. The van der Waals surface area contributed by atoms with Crippen molar-refractivity contribution in [2.75, 3.05) is 6.67 Å². The van der Waals surface area contributed by atoms with Gasteiger partial charge in [0.1, 0.15) is 0 Å². The summed E-state index contributed by atoms with van der Waals surface area (Å²) in [6.45, 7) is 2.10. The van der Waals surface area contributed by atoms with Gasteiger partial charge in [-0.1, -0.05) is 57.6 Å². The zero-order valence-electron chi connectivity index (χ0n) is 14.7. The van der Waals surface area contributed by atoms with E-state index in [0.29, 0.717) is 6.42 Å². The van der Waals surface area contributed by atoms with E-state index in [4.69, 9.17) is 0 Å². The Bertz CT molecular complexity index is 293. The molecule has 128 valence electrons. The fraction of sp³-hybridized carbons (Fsp3) is 0.905. The van der Waals surface area contributed by atoms with Crippen LogP contribution in [0.2, 0.25) is 0 Å². The molecule has 0 aromatic carbocycles. The third-order valence-electron chi connectivity index (χ3n) is 6.27. The van der Waals surface area contributed by atoms with E-state index in [-0.39, 0.29) is 6.67 Å². The van der Waals surface area contributed by atoms with Crippen LogP contribution in [0.25, 0.3) is 0 Å². The zero-order chi connectivity index (χ0) is 15.6. The van der Waals surface area contributed by atoms with Crippen molar-refractivity contribution in [3.63, 3.8) is 0 Å². The highest BCUT2D eigenvalue weighted by Crippen LogP contribution is 2.42. The van der Waals surface area contributed by atoms with Gasteiger partial charge in [-0.05, 0) is 68.6 Å². The number of rotatable bonds is 8. The van der Waals surface area contributed by atoms with Gasteiger partial charge in [0.05, 0.1) is 6.67 Å². The van der Waals surface area contributed by atoms with Crippen LogP contribution in [-0.2, 0) is 0 Å². The highest BCUT2D eigenvalue weighted by molar-refractivity contribution is 4.92. The molecular weight excluding hydrogens is 271 g/mol. The molecule has 22 heavy (non-hydrogen) atoms. The molecule has 2 fully saturated rings. The molecule has 0 saturated heterocycles. The summed E-state index contributed by atoms with van der Waals surface area (Å²) in [6.07, 6.45) is 22.3. The molecule has 0 aromatic rings. The lowest BCUT2D eigenvalue weighted by atomic mass is 9.68. The van der Waals surface area contributed by atoms with Crippen LogP contribution in [0, 0.1) is 23.7 Å². The first-order chi connectivity index (χ1) is 10.8. The van der Waals surface area contributed by atoms with Crippen molar-refractivity contribution < 1.29 is 4.39 Å². The van der Waals surface area contributed by atoms with E-state index in [9.17, 15) is 4.39 Å². The highest BCUT2D eigenvalue weighted by atomic mass is 19.1. The molecule has 0 N–H and O–H groups in total. The first kappa shape index (κ1) is 18.0. The lowest BCUT2D eigenvalue weighted by Gasteiger charge is -2.37. The molecule has 0 spiro atoms. The second-order valence-corrected chi connectivity index (χ2v) is 7.86. The maximum Gasteiger partial charge on any atom is 0.0928 e. The molecule has 2 aliphatic rings. The summed E-state index contributed by atoms with van der Waals surface area (Å²) in [5, 5.41) is 0. The van der Waals surface area contributed by atoms with Gasteiger partial charge in [-0.25, -0.2) is 0 Å². The maximum absolute atomic E-state index is 12.1. The minimum absolute atomic E-state index is 0.201. The van der Waals surface area contributed by atoms with Crippen LogP contribution in [-0.4, -0.2) is 6.67 Å². The van der Waals surface area contributed by atoms with Crippen LogP contribution in [0.5, 0.6) is 0 Å². The van der Waals surface area contributed by atoms with Crippen LogP contribution in [0.4, 0.5) is 4.39 Å². The lowest BCUT2D eigenvalue weighted by molar-refractivity contribution is 0.151. The predicted octanol–water partition coefficient (Wildman–Crippen LogP) is 7.10. The van der Waals surface area contributed by atoms with Crippen LogP contribution >= 0.6 is 0 Å². The summed E-state index contributed by atoms with van der Waals surface area (Å²) in [4.78, 5) is 0. The van der Waals surface area contributed by atoms with E-state index in [1.807, 2.05) is 0 Å². The molecular formula is C21H37F. The van der Waals surface area contributed by atoms with Gasteiger partial charge in [0.15, 0.2) is 0 Å². The Morgan fingerprint density at radius 1 is 0.864 bits per heavy atom. The normalized spacial score (nSPS) is 33.4. The Labute approximate surface area is 138 Å². The van der Waals surface area contributed by atoms with Crippen LogP contribution in [0.1, 0.15) is 90.4 Å². The van der Waals surface area contributed by atoms with Crippen molar-refractivity contribution in [2.24, 2.45) is 23.7 Å². The van der Waals surface area contributed by atoms with Crippen LogP contribution in [0.3, 0.4) is 0 Å². The van der Waals surface area contributed by atoms with Gasteiger partial charge >= 0.3 is 0 Å². The van der Waals surface area contributed by atoms with Gasteiger partial charge in [-0.15, -0.1) is 0 Å². The number of hydrogen-bond acceptors (Lipinski definition) is 0. The third-order valence-corrected chi connectivity index (χ3v) is 6.27. The highest BCUT2D eigenvalue weighted by Gasteiger charge is 2.30. The quantitative estimate of drug-likeness (QED) is 0.331. The second kappa shape index (κ2) is 10.4. The Hall–Kier alpha value is -0.330. The minimum atomic E-state index is -0.201. The molecule has 0 aromatic heterocycles. The average molecular weight is 309 g/mol. The van der Waals surface area contributed by atoms with Gasteiger partial charge < -0.3 is 0 Å². The first-order valence-corrected chi connectivity index (χ1v) is 10.1. The molecule has 0 nitrogen and oxygen atoms in total. The van der Waals surface area contributed by atoms with Gasteiger partial charge in [-0.3, -0.25) is 4.39 Å². The Kier molecular flexibility index (Phi) is 8.55. The summed E-state index contributed by atoms with van der Waals surface area (Å²) < 4.78 is 12.1. The second-order valence-electron chi connectivity index (χ2n) is 7.86. The lowest BCUT2D eigenvalue weighted by Crippen LogP contribution is -2.25. The Balaban J connectivity index is 1.62. The molecule has 0 atom stereocenters. The molecule has 0 amide bonds. The summed E-state index contributed by atoms with van der Waals surface area (Å²) in [6, 6.07) is 0. The summed E-state index contributed by atoms with van der Waals surface area (Å²) in [5.41, 5.74) is 0. The van der Waals surface area contributed by atoms with E-state index >= 15 is 0 Å². The fourth-order valence-corrected chi connectivity index (χ4v) is 4.79. The van der Waals surface area contributed by atoms with Crippen molar-refractivity contribution in [1.29, 1.82) is 0 Å². The zero-order valence-corrected chi connectivity index (χ0v) is 14.7. The molecule has 0 unspecified atom stereocenters. The number of alkyl halides is 1. The average Bonchev–Trinajstić information content (AvgIpc) is 2.57. The molecule has 2 saturated carbocycles. The van der Waals surface area contributed by atoms with Gasteiger partial charge in [0.25, 0.3) is 0 Å². The molecule has 2 rings (SSSR count). The molecule has 0 aliphatic heterocycles. The summed E-state index contributed by atoms with van der Waals surface area (Å²) in [5.74, 6) is 3.82. The molecule has 0 bridgehead atoms. The molecule has 2 aliphatic carbocycles. The van der Waals surface area contributed by atoms with Crippen molar-refractivity contribution >= 4 is 0 Å². The fourth-order valence-electron chi connectivity index (χ4n) is 4.79. The van der Waals surface area contributed by atoms with Gasteiger partial charge in [0, 0.05) is 0 Å². The van der Waals surface area contributed by atoms with E-state index in [1.165, 1.54) is 77.0 Å². The van der Waals surface area contributed by atoms with E-state index in [0.717, 1.165) is 23.7 Å². The standard InChI is InChI=1S/C21H37F/c1-2-3-4-7-18-9-13-20(14-10-18)21-15-11-19(12-16-21)8-5-6-17-22/h5,8,18-21H,2-4,6-7,9-17H2,1H3/b8-5+. The SMILES string of the molecule is CCCCCC1CCC(C2CCC(/C=C/CCF)CC2)CC1. The van der Waals surface area contributed by atoms with E-state index < -0.39 is 0 Å². The van der Waals surface area contributed by atoms with Crippen molar-refractivity contribution in [1.82, 2.24) is 0 Å². The predicted molar refractivity (Wildman–Crippen MR) is 94.8 cm³/mol. The summed E-state index contributed by atoms with van der Waals surface area (Å²) >= 11 is 0. The van der Waals surface area contributed by atoms with E-state index in [2.05, 4.69) is 19.1 Å². The van der Waals surface area contributed by atoms with Gasteiger partial charge in [0.2, 0.25) is 0 Å². The molecule has 0 heterocycles. The maximum atomic E-state index is 12.1. The topological polar surface area (TPSA) is 0 Å². The smallest absolute Gasteiger partial charge is 0.0928 e. The first-order valence-electron chi connectivity index (χ1n) is 10.1. The monoisotopic (exact) mass is 308 g/mol. The Morgan fingerprint density at radius 3 is 2.09 bits per heavy atom. The van der Waals surface area contributed by atoms with Crippen LogP contribution < -0.4 is 0 Å². The molecule has 0 radical (unpaired) electrons.